The van der Waals surface area contributed by atoms with E-state index in [1.807, 2.05) is 13.8 Å². The van der Waals surface area contributed by atoms with Crippen molar-refractivity contribution in [2.24, 2.45) is 5.92 Å². The van der Waals surface area contributed by atoms with Crippen LogP contribution in [0.15, 0.2) is 18.2 Å². The number of fused-ring (bicyclic) bond motifs is 1. The predicted molar refractivity (Wildman–Crippen MR) is 70.1 cm³/mol. The Balaban J connectivity index is 2.58. The molecule has 0 spiro atoms. The molecule has 2 rings (SSSR count). The molecule has 0 saturated heterocycles. The van der Waals surface area contributed by atoms with Crippen molar-refractivity contribution in [3.8, 4) is 5.75 Å². The number of allylic oxidation sites excluding steroid dienone is 1. The van der Waals surface area contributed by atoms with E-state index in [-0.39, 0.29) is 11.3 Å². The summed E-state index contributed by atoms with van der Waals surface area (Å²) in [6, 6.07) is 1.56. The van der Waals surface area contributed by atoms with Gasteiger partial charge in [0.2, 0.25) is 0 Å². The monoisotopic (exact) mass is 246 g/mol. The van der Waals surface area contributed by atoms with Gasteiger partial charge in [0.1, 0.15) is 11.3 Å². The van der Waals surface area contributed by atoms with E-state index in [1.54, 1.807) is 6.07 Å². The Morgan fingerprint density at radius 3 is 2.67 bits per heavy atom. The van der Waals surface area contributed by atoms with Crippen LogP contribution in [0.3, 0.4) is 0 Å². The Morgan fingerprint density at radius 2 is 2.11 bits per heavy atom. The van der Waals surface area contributed by atoms with Gasteiger partial charge in [0.15, 0.2) is 0 Å². The normalized spacial score (nSPS) is 18.2. The quantitative estimate of drug-likeness (QED) is 0.788. The molecule has 3 nitrogen and oxygen atoms in total. The minimum atomic E-state index is -1.05. The highest BCUT2D eigenvalue weighted by Crippen LogP contribution is 2.37. The lowest BCUT2D eigenvalue weighted by molar-refractivity contribution is 0.0692. The van der Waals surface area contributed by atoms with Gasteiger partial charge in [0.25, 0.3) is 0 Å². The highest BCUT2D eigenvalue weighted by molar-refractivity contribution is 5.93. The SMILES string of the molecule is C=C(C)[C@H]1CCc2c(C)cc(O)c(C(=O)O)c2C1. The number of hydrogen-bond acceptors (Lipinski definition) is 2. The topological polar surface area (TPSA) is 57.5 Å². The fraction of sp³-hybridized carbons (Fsp3) is 0.400. The number of phenols is 1. The van der Waals surface area contributed by atoms with Crippen LogP contribution < -0.4 is 0 Å². The van der Waals surface area contributed by atoms with Crippen LogP contribution in [0.5, 0.6) is 5.75 Å². The second-order valence-corrected chi connectivity index (χ2v) is 5.14. The maximum atomic E-state index is 11.3. The lowest BCUT2D eigenvalue weighted by Crippen LogP contribution is -2.19. The molecule has 18 heavy (non-hydrogen) atoms. The molecule has 1 aromatic rings. The number of benzene rings is 1. The molecule has 2 N–H and O–H groups in total. The summed E-state index contributed by atoms with van der Waals surface area (Å²) in [6.07, 6.45) is 2.54. The molecule has 0 unspecified atom stereocenters. The molecule has 96 valence electrons. The Morgan fingerprint density at radius 1 is 1.44 bits per heavy atom. The van der Waals surface area contributed by atoms with Crippen molar-refractivity contribution in [1.29, 1.82) is 0 Å². The molecule has 1 atom stereocenters. The van der Waals surface area contributed by atoms with E-state index in [9.17, 15) is 15.0 Å². The summed E-state index contributed by atoms with van der Waals surface area (Å²) in [5, 5.41) is 19.1. The third-order valence-corrected chi connectivity index (χ3v) is 3.86. The second kappa shape index (κ2) is 4.48. The summed E-state index contributed by atoms with van der Waals surface area (Å²) in [5.41, 5.74) is 4.01. The highest BCUT2D eigenvalue weighted by atomic mass is 16.4. The van der Waals surface area contributed by atoms with Crippen molar-refractivity contribution in [2.45, 2.75) is 33.1 Å². The number of aromatic carboxylic acids is 1. The molecular formula is C15H18O3. The highest BCUT2D eigenvalue weighted by Gasteiger charge is 2.27. The average molecular weight is 246 g/mol. The molecule has 0 saturated carbocycles. The number of carboxylic acid groups (broad SMARTS) is 1. The van der Waals surface area contributed by atoms with Gasteiger partial charge in [-0.25, -0.2) is 4.79 Å². The van der Waals surface area contributed by atoms with E-state index in [2.05, 4.69) is 6.58 Å². The van der Waals surface area contributed by atoms with E-state index in [1.165, 1.54) is 0 Å². The van der Waals surface area contributed by atoms with Gasteiger partial charge in [0, 0.05) is 0 Å². The summed E-state index contributed by atoms with van der Waals surface area (Å²) < 4.78 is 0. The van der Waals surface area contributed by atoms with Gasteiger partial charge in [-0.15, -0.1) is 0 Å². The number of aryl methyl sites for hydroxylation is 1. The summed E-state index contributed by atoms with van der Waals surface area (Å²) in [7, 11) is 0. The molecule has 0 aromatic heterocycles. The lowest BCUT2D eigenvalue weighted by Gasteiger charge is -2.28. The molecule has 3 heteroatoms. The van der Waals surface area contributed by atoms with Crippen LogP contribution in [0.2, 0.25) is 0 Å². The summed E-state index contributed by atoms with van der Waals surface area (Å²) in [4.78, 5) is 11.3. The zero-order chi connectivity index (χ0) is 13.4. The standard InChI is InChI=1S/C15H18O3/c1-8(2)10-4-5-11-9(3)6-13(16)14(15(17)18)12(11)7-10/h6,10,16H,1,4-5,7H2,2-3H3,(H,17,18)/t10-/m0/s1. The van der Waals surface area contributed by atoms with Crippen LogP contribution in [0.4, 0.5) is 0 Å². The van der Waals surface area contributed by atoms with E-state index >= 15 is 0 Å². The lowest BCUT2D eigenvalue weighted by atomic mass is 9.77. The van der Waals surface area contributed by atoms with E-state index < -0.39 is 5.97 Å². The van der Waals surface area contributed by atoms with Gasteiger partial charge in [0.05, 0.1) is 0 Å². The van der Waals surface area contributed by atoms with Crippen molar-refractivity contribution in [2.75, 3.05) is 0 Å². The van der Waals surface area contributed by atoms with Crippen LogP contribution in [0.1, 0.15) is 40.4 Å². The Hall–Kier alpha value is -1.77. The van der Waals surface area contributed by atoms with Crippen LogP contribution in [0, 0.1) is 12.8 Å². The van der Waals surface area contributed by atoms with Crippen molar-refractivity contribution in [3.05, 3.63) is 40.5 Å². The van der Waals surface area contributed by atoms with Gasteiger partial charge in [-0.3, -0.25) is 0 Å². The van der Waals surface area contributed by atoms with Crippen LogP contribution in [0.25, 0.3) is 0 Å². The van der Waals surface area contributed by atoms with Crippen LogP contribution >= 0.6 is 0 Å². The van der Waals surface area contributed by atoms with E-state index in [0.29, 0.717) is 12.3 Å². The second-order valence-electron chi connectivity index (χ2n) is 5.14. The first kappa shape index (κ1) is 12.7. The molecule has 0 fully saturated rings. The predicted octanol–water partition coefficient (Wildman–Crippen LogP) is 3.08. The van der Waals surface area contributed by atoms with Gasteiger partial charge in [-0.2, -0.15) is 0 Å². The maximum Gasteiger partial charge on any atom is 0.339 e. The van der Waals surface area contributed by atoms with Gasteiger partial charge >= 0.3 is 5.97 Å². The van der Waals surface area contributed by atoms with E-state index in [0.717, 1.165) is 35.1 Å². The first-order valence-corrected chi connectivity index (χ1v) is 6.14. The molecule has 0 heterocycles. The number of aromatic hydroxyl groups is 1. The molecule has 1 aromatic carbocycles. The van der Waals surface area contributed by atoms with Gasteiger partial charge in [-0.1, -0.05) is 12.2 Å². The first-order chi connectivity index (χ1) is 8.41. The third-order valence-electron chi connectivity index (χ3n) is 3.86. The fourth-order valence-electron chi connectivity index (χ4n) is 2.81. The van der Waals surface area contributed by atoms with Crippen molar-refractivity contribution in [1.82, 2.24) is 0 Å². The third kappa shape index (κ3) is 2.01. The van der Waals surface area contributed by atoms with Crippen molar-refractivity contribution in [3.63, 3.8) is 0 Å². The minimum absolute atomic E-state index is 0.0709. The summed E-state index contributed by atoms with van der Waals surface area (Å²) >= 11 is 0. The molecule has 0 radical (unpaired) electrons. The molecule has 0 amide bonds. The molecule has 1 aliphatic rings. The first-order valence-electron chi connectivity index (χ1n) is 6.14. The zero-order valence-corrected chi connectivity index (χ0v) is 10.8. The largest absolute Gasteiger partial charge is 0.507 e. The molecule has 1 aliphatic carbocycles. The Labute approximate surface area is 107 Å². The summed E-state index contributed by atoms with van der Waals surface area (Å²) in [5.74, 6) is -0.857. The Bertz CT molecular complexity index is 529. The Kier molecular flexibility index (Phi) is 3.16. The van der Waals surface area contributed by atoms with Crippen LogP contribution in [-0.4, -0.2) is 16.2 Å². The smallest absolute Gasteiger partial charge is 0.339 e. The minimum Gasteiger partial charge on any atom is -0.507 e. The number of rotatable bonds is 2. The summed E-state index contributed by atoms with van der Waals surface area (Å²) in [6.45, 7) is 7.86. The molecule has 0 aliphatic heterocycles. The van der Waals surface area contributed by atoms with Crippen molar-refractivity contribution < 1.29 is 15.0 Å². The van der Waals surface area contributed by atoms with Crippen molar-refractivity contribution >= 4 is 5.97 Å². The van der Waals surface area contributed by atoms with E-state index in [4.69, 9.17) is 0 Å². The number of hydrogen-bond donors (Lipinski definition) is 2. The van der Waals surface area contributed by atoms with Gasteiger partial charge < -0.3 is 10.2 Å². The number of carboxylic acids is 1. The zero-order valence-electron chi connectivity index (χ0n) is 10.8. The van der Waals surface area contributed by atoms with Crippen LogP contribution in [-0.2, 0) is 12.8 Å². The molecule has 0 bridgehead atoms. The van der Waals surface area contributed by atoms with Gasteiger partial charge in [-0.05, 0) is 61.8 Å². The average Bonchev–Trinajstić information content (AvgIpc) is 2.27. The molecular weight excluding hydrogens is 228 g/mol. The fourth-order valence-corrected chi connectivity index (χ4v) is 2.81. The number of carbonyl (C=O) groups is 1. The maximum absolute atomic E-state index is 11.3.